The maximum absolute atomic E-state index is 13.9. The summed E-state index contributed by atoms with van der Waals surface area (Å²) >= 11 is 0. The molecule has 1 N–H and O–H groups in total. The molecule has 0 aliphatic heterocycles. The zero-order chi connectivity index (χ0) is 15.0. The van der Waals surface area contributed by atoms with Crippen molar-refractivity contribution >= 4 is 15.5 Å². The van der Waals surface area contributed by atoms with Crippen LogP contribution in [0.15, 0.2) is 47.4 Å². The third kappa shape index (κ3) is 2.93. The van der Waals surface area contributed by atoms with Crippen molar-refractivity contribution < 1.29 is 12.8 Å². The van der Waals surface area contributed by atoms with Crippen LogP contribution < -0.4 is 5.32 Å². The van der Waals surface area contributed by atoms with E-state index < -0.39 is 15.7 Å². The van der Waals surface area contributed by atoms with Crippen molar-refractivity contribution in [3.63, 3.8) is 0 Å². The number of sulfone groups is 1. The summed E-state index contributed by atoms with van der Waals surface area (Å²) in [5.41, 5.74) is 2.76. The standard InChI is InChI=1S/C16H16FNO2S/c1-21(19,20)14-6-7-15(17)16(10-14)18-13-8-11-4-2-3-5-12(11)9-13/h2-7,10,13,18H,8-9H2,1H3. The smallest absolute Gasteiger partial charge is 0.175 e. The maximum atomic E-state index is 13.9. The normalized spacial score (nSPS) is 15.0. The van der Waals surface area contributed by atoms with E-state index in [0.717, 1.165) is 19.1 Å². The third-order valence-electron chi connectivity index (χ3n) is 3.78. The molecule has 0 saturated heterocycles. The molecule has 0 bridgehead atoms. The second-order valence-electron chi connectivity index (χ2n) is 5.43. The van der Waals surface area contributed by atoms with Crippen molar-refractivity contribution in [3.05, 3.63) is 59.4 Å². The summed E-state index contributed by atoms with van der Waals surface area (Å²) in [4.78, 5) is 0.127. The van der Waals surface area contributed by atoms with Crippen LogP contribution in [0.2, 0.25) is 0 Å². The van der Waals surface area contributed by atoms with Crippen LogP contribution in [0.25, 0.3) is 0 Å². The molecule has 0 radical (unpaired) electrons. The Balaban J connectivity index is 1.84. The molecular formula is C16H16FNO2S. The highest BCUT2D eigenvalue weighted by Gasteiger charge is 2.22. The molecule has 0 heterocycles. The van der Waals surface area contributed by atoms with Gasteiger partial charge >= 0.3 is 0 Å². The molecule has 1 aliphatic carbocycles. The number of hydrogen-bond acceptors (Lipinski definition) is 3. The number of fused-ring (bicyclic) bond motifs is 1. The molecule has 0 amide bonds. The molecule has 3 rings (SSSR count). The quantitative estimate of drug-likeness (QED) is 0.887. The Hall–Kier alpha value is -1.88. The summed E-state index contributed by atoms with van der Waals surface area (Å²) in [5, 5.41) is 3.13. The van der Waals surface area contributed by atoms with Gasteiger partial charge in [-0.1, -0.05) is 24.3 Å². The van der Waals surface area contributed by atoms with Crippen molar-refractivity contribution in [3.8, 4) is 0 Å². The van der Waals surface area contributed by atoms with Crippen molar-refractivity contribution in [2.75, 3.05) is 11.6 Å². The van der Waals surface area contributed by atoms with Crippen LogP contribution in [-0.2, 0) is 22.7 Å². The highest BCUT2D eigenvalue weighted by Crippen LogP contribution is 2.26. The molecule has 0 fully saturated rings. The first-order valence-corrected chi connectivity index (χ1v) is 8.65. The summed E-state index contributed by atoms with van der Waals surface area (Å²) in [5.74, 6) is -0.432. The molecule has 2 aromatic rings. The molecule has 5 heteroatoms. The monoisotopic (exact) mass is 305 g/mol. The largest absolute Gasteiger partial charge is 0.379 e. The van der Waals surface area contributed by atoms with Gasteiger partial charge in [0.25, 0.3) is 0 Å². The third-order valence-corrected chi connectivity index (χ3v) is 4.89. The number of rotatable bonds is 3. The van der Waals surface area contributed by atoms with E-state index in [2.05, 4.69) is 17.4 Å². The van der Waals surface area contributed by atoms with E-state index in [-0.39, 0.29) is 16.6 Å². The van der Waals surface area contributed by atoms with E-state index in [0.29, 0.717) is 0 Å². The average Bonchev–Trinajstić information content (AvgIpc) is 2.82. The Bertz CT molecular complexity index is 762. The first-order valence-electron chi connectivity index (χ1n) is 6.76. The molecule has 21 heavy (non-hydrogen) atoms. The average molecular weight is 305 g/mol. The summed E-state index contributed by atoms with van der Waals surface area (Å²) < 4.78 is 37.0. The highest BCUT2D eigenvalue weighted by molar-refractivity contribution is 7.90. The van der Waals surface area contributed by atoms with E-state index in [9.17, 15) is 12.8 Å². The van der Waals surface area contributed by atoms with E-state index in [1.165, 1.54) is 29.3 Å². The second-order valence-corrected chi connectivity index (χ2v) is 7.45. The Morgan fingerprint density at radius 2 is 1.71 bits per heavy atom. The minimum absolute atomic E-state index is 0.0895. The lowest BCUT2D eigenvalue weighted by molar-refractivity contribution is 0.600. The van der Waals surface area contributed by atoms with E-state index in [1.807, 2.05) is 12.1 Å². The lowest BCUT2D eigenvalue weighted by Gasteiger charge is -2.15. The molecule has 0 unspecified atom stereocenters. The molecule has 3 nitrogen and oxygen atoms in total. The van der Waals surface area contributed by atoms with Crippen LogP contribution in [0, 0.1) is 5.82 Å². The van der Waals surface area contributed by atoms with Crippen molar-refractivity contribution in [1.29, 1.82) is 0 Å². The zero-order valence-corrected chi connectivity index (χ0v) is 12.5. The van der Waals surface area contributed by atoms with Crippen molar-refractivity contribution in [1.82, 2.24) is 0 Å². The number of benzene rings is 2. The van der Waals surface area contributed by atoms with Gasteiger partial charge in [0.1, 0.15) is 5.82 Å². The van der Waals surface area contributed by atoms with Gasteiger partial charge in [-0.2, -0.15) is 0 Å². The Morgan fingerprint density at radius 1 is 1.10 bits per heavy atom. The molecule has 0 aromatic heterocycles. The summed E-state index contributed by atoms with van der Waals surface area (Å²) in [6.45, 7) is 0. The first-order chi connectivity index (χ1) is 9.93. The summed E-state index contributed by atoms with van der Waals surface area (Å²) in [6.07, 6.45) is 2.76. The predicted octanol–water partition coefficient (Wildman–Crippen LogP) is 2.81. The van der Waals surface area contributed by atoms with Gasteiger partial charge in [0, 0.05) is 12.3 Å². The predicted molar refractivity (Wildman–Crippen MR) is 80.8 cm³/mol. The van der Waals surface area contributed by atoms with Gasteiger partial charge < -0.3 is 5.32 Å². The molecule has 0 spiro atoms. The second kappa shape index (κ2) is 5.15. The Labute approximate surface area is 123 Å². The lowest BCUT2D eigenvalue weighted by atomic mass is 10.1. The SMILES string of the molecule is CS(=O)(=O)c1ccc(F)c(NC2Cc3ccccc3C2)c1. The van der Waals surface area contributed by atoms with Crippen LogP contribution in [0.4, 0.5) is 10.1 Å². The molecule has 110 valence electrons. The van der Waals surface area contributed by atoms with Gasteiger partial charge in [-0.15, -0.1) is 0 Å². The van der Waals surface area contributed by atoms with E-state index in [1.54, 1.807) is 0 Å². The number of hydrogen-bond donors (Lipinski definition) is 1. The van der Waals surface area contributed by atoms with Gasteiger partial charge in [-0.05, 0) is 42.2 Å². The van der Waals surface area contributed by atoms with Crippen LogP contribution in [0.1, 0.15) is 11.1 Å². The zero-order valence-electron chi connectivity index (χ0n) is 11.6. The molecule has 0 saturated carbocycles. The van der Waals surface area contributed by atoms with Crippen molar-refractivity contribution in [2.24, 2.45) is 0 Å². The fraction of sp³-hybridized carbons (Fsp3) is 0.250. The molecule has 2 aromatic carbocycles. The summed E-state index contributed by atoms with van der Waals surface area (Å²) in [6, 6.07) is 12.1. The fourth-order valence-corrected chi connectivity index (χ4v) is 3.37. The van der Waals surface area contributed by atoms with Crippen LogP contribution in [-0.4, -0.2) is 20.7 Å². The molecule has 1 aliphatic rings. The number of nitrogens with one attached hydrogen (secondary N) is 1. The molecule has 0 atom stereocenters. The topological polar surface area (TPSA) is 46.2 Å². The lowest BCUT2D eigenvalue weighted by Crippen LogP contribution is -2.20. The highest BCUT2D eigenvalue weighted by atomic mass is 32.2. The number of anilines is 1. The van der Waals surface area contributed by atoms with Crippen LogP contribution in [0.3, 0.4) is 0 Å². The Morgan fingerprint density at radius 3 is 2.29 bits per heavy atom. The Kier molecular flexibility index (Phi) is 3.45. The van der Waals surface area contributed by atoms with Gasteiger partial charge in [0.15, 0.2) is 9.84 Å². The summed E-state index contributed by atoms with van der Waals surface area (Å²) in [7, 11) is -3.34. The molecular weight excluding hydrogens is 289 g/mol. The van der Waals surface area contributed by atoms with Crippen LogP contribution >= 0.6 is 0 Å². The first kappa shape index (κ1) is 14.1. The minimum Gasteiger partial charge on any atom is -0.379 e. The number of halogens is 1. The van der Waals surface area contributed by atoms with Gasteiger partial charge in [-0.25, -0.2) is 12.8 Å². The van der Waals surface area contributed by atoms with Gasteiger partial charge in [0.2, 0.25) is 0 Å². The fourth-order valence-electron chi connectivity index (χ4n) is 2.73. The van der Waals surface area contributed by atoms with E-state index >= 15 is 0 Å². The van der Waals surface area contributed by atoms with Gasteiger partial charge in [0.05, 0.1) is 10.6 Å². The minimum atomic E-state index is -3.34. The van der Waals surface area contributed by atoms with E-state index in [4.69, 9.17) is 0 Å². The van der Waals surface area contributed by atoms with Gasteiger partial charge in [-0.3, -0.25) is 0 Å². The maximum Gasteiger partial charge on any atom is 0.175 e. The van der Waals surface area contributed by atoms with Crippen LogP contribution in [0.5, 0.6) is 0 Å². The van der Waals surface area contributed by atoms with Crippen molar-refractivity contribution in [2.45, 2.75) is 23.8 Å².